The number of carbonyl (C=O) groups is 1. The van der Waals surface area contributed by atoms with Crippen LogP contribution < -0.4 is 5.73 Å². The van der Waals surface area contributed by atoms with Gasteiger partial charge >= 0.3 is 5.97 Å². The molecule has 0 aliphatic carbocycles. The fraction of sp³-hybridized carbons (Fsp3) is 0.708. The van der Waals surface area contributed by atoms with Gasteiger partial charge < -0.3 is 15.2 Å². The number of rotatable bonds is 11. The zero-order valence-corrected chi connectivity index (χ0v) is 18.6. The summed E-state index contributed by atoms with van der Waals surface area (Å²) >= 11 is 0. The second kappa shape index (κ2) is 12.2. The van der Waals surface area contributed by atoms with Crippen LogP contribution in [0.15, 0.2) is 24.3 Å². The number of unbranched alkanes of at least 4 members (excludes halogenated alkanes) is 6. The maximum absolute atomic E-state index is 11.7. The van der Waals surface area contributed by atoms with Gasteiger partial charge in [-0.05, 0) is 57.9 Å². The highest BCUT2D eigenvalue weighted by atomic mass is 16.6. The molecule has 0 saturated carbocycles. The summed E-state index contributed by atoms with van der Waals surface area (Å²) in [6, 6.07) is 8.05. The Balaban J connectivity index is 1.48. The minimum atomic E-state index is -0.368. The minimum absolute atomic E-state index is 0.0692. The molecule has 164 valence electrons. The zero-order chi connectivity index (χ0) is 21.1. The van der Waals surface area contributed by atoms with E-state index >= 15 is 0 Å². The van der Waals surface area contributed by atoms with Crippen molar-refractivity contribution in [3.8, 4) is 0 Å². The number of nitrogen functional groups attached to an aromatic ring is 1. The first-order valence-corrected chi connectivity index (χ1v) is 11.2. The fourth-order valence-corrected chi connectivity index (χ4v) is 3.70. The third-order valence-corrected chi connectivity index (χ3v) is 5.23. The van der Waals surface area contributed by atoms with Crippen molar-refractivity contribution in [3.05, 3.63) is 29.8 Å². The monoisotopic (exact) mass is 404 g/mol. The van der Waals surface area contributed by atoms with Crippen LogP contribution >= 0.6 is 0 Å². The SMILES string of the molecule is CC(C)(C)OC(=O)CCCCCCCCCN1CCOC(c2ccc(N)cc2)C1. The van der Waals surface area contributed by atoms with Crippen LogP contribution in [0.4, 0.5) is 5.69 Å². The van der Waals surface area contributed by atoms with E-state index in [1.807, 2.05) is 32.9 Å². The summed E-state index contributed by atoms with van der Waals surface area (Å²) in [5.74, 6) is -0.0692. The lowest BCUT2D eigenvalue weighted by Crippen LogP contribution is -2.38. The number of anilines is 1. The van der Waals surface area contributed by atoms with Crippen LogP contribution in [0.1, 0.15) is 83.8 Å². The summed E-state index contributed by atoms with van der Waals surface area (Å²) in [6.45, 7) is 9.69. The van der Waals surface area contributed by atoms with Crippen molar-refractivity contribution in [2.45, 2.75) is 83.8 Å². The second-order valence-corrected chi connectivity index (χ2v) is 9.14. The largest absolute Gasteiger partial charge is 0.460 e. The van der Waals surface area contributed by atoms with E-state index in [0.717, 1.165) is 44.8 Å². The van der Waals surface area contributed by atoms with E-state index in [4.69, 9.17) is 15.2 Å². The molecule has 1 aromatic rings. The maximum atomic E-state index is 11.7. The van der Waals surface area contributed by atoms with Crippen molar-refractivity contribution in [3.63, 3.8) is 0 Å². The number of morpholine rings is 1. The summed E-state index contributed by atoms with van der Waals surface area (Å²) in [4.78, 5) is 14.2. The summed E-state index contributed by atoms with van der Waals surface area (Å²) in [5, 5.41) is 0. The van der Waals surface area contributed by atoms with Gasteiger partial charge in [-0.1, -0.05) is 44.2 Å². The standard InChI is InChI=1S/C24H40N2O3/c1-24(2,3)29-23(27)11-9-7-5-4-6-8-10-16-26-17-18-28-22(19-26)20-12-14-21(25)15-13-20/h12-15,22H,4-11,16-19,25H2,1-3H3. The molecule has 29 heavy (non-hydrogen) atoms. The summed E-state index contributed by atoms with van der Waals surface area (Å²) in [7, 11) is 0. The second-order valence-electron chi connectivity index (χ2n) is 9.14. The number of nitrogens with zero attached hydrogens (tertiary/aromatic N) is 1. The molecule has 0 spiro atoms. The summed E-state index contributed by atoms with van der Waals surface area (Å²) in [5.41, 5.74) is 7.43. The fourth-order valence-electron chi connectivity index (χ4n) is 3.70. The third-order valence-electron chi connectivity index (χ3n) is 5.23. The molecular weight excluding hydrogens is 364 g/mol. The van der Waals surface area contributed by atoms with E-state index in [1.54, 1.807) is 0 Å². The molecule has 0 amide bonds. The number of hydrogen-bond acceptors (Lipinski definition) is 5. The smallest absolute Gasteiger partial charge is 0.306 e. The van der Waals surface area contributed by atoms with Gasteiger partial charge in [-0.3, -0.25) is 9.69 Å². The first-order chi connectivity index (χ1) is 13.8. The Morgan fingerprint density at radius 2 is 1.69 bits per heavy atom. The van der Waals surface area contributed by atoms with Crippen molar-refractivity contribution in [1.29, 1.82) is 0 Å². The number of carbonyl (C=O) groups excluding carboxylic acids is 1. The van der Waals surface area contributed by atoms with Gasteiger partial charge in [0, 0.05) is 25.2 Å². The van der Waals surface area contributed by atoms with E-state index in [9.17, 15) is 4.79 Å². The molecule has 5 nitrogen and oxygen atoms in total. The highest BCUT2D eigenvalue weighted by Gasteiger charge is 2.21. The quantitative estimate of drug-likeness (QED) is 0.316. The van der Waals surface area contributed by atoms with Crippen molar-refractivity contribution >= 4 is 11.7 Å². The van der Waals surface area contributed by atoms with E-state index in [1.165, 1.54) is 37.7 Å². The molecule has 1 aliphatic heterocycles. The molecule has 5 heteroatoms. The lowest BCUT2D eigenvalue weighted by molar-refractivity contribution is -0.154. The van der Waals surface area contributed by atoms with Crippen molar-refractivity contribution < 1.29 is 14.3 Å². The topological polar surface area (TPSA) is 64.8 Å². The normalized spacial score (nSPS) is 18.0. The molecule has 1 heterocycles. The molecule has 1 saturated heterocycles. The lowest BCUT2D eigenvalue weighted by atomic mass is 10.1. The Labute approximate surface area is 176 Å². The first-order valence-electron chi connectivity index (χ1n) is 11.2. The van der Waals surface area contributed by atoms with Crippen molar-refractivity contribution in [2.24, 2.45) is 0 Å². The molecule has 1 aliphatic rings. The summed E-state index contributed by atoms with van der Waals surface area (Å²) in [6.07, 6.45) is 9.02. The highest BCUT2D eigenvalue weighted by molar-refractivity contribution is 5.69. The van der Waals surface area contributed by atoms with Crippen LogP contribution in [-0.4, -0.2) is 42.7 Å². The van der Waals surface area contributed by atoms with Crippen LogP contribution in [0.5, 0.6) is 0 Å². The zero-order valence-electron chi connectivity index (χ0n) is 18.6. The van der Waals surface area contributed by atoms with Gasteiger partial charge in [-0.25, -0.2) is 0 Å². The predicted octanol–water partition coefficient (Wildman–Crippen LogP) is 5.10. The molecule has 0 radical (unpaired) electrons. The Kier molecular flexibility index (Phi) is 9.95. The number of benzene rings is 1. The lowest BCUT2D eigenvalue weighted by Gasteiger charge is -2.33. The Hall–Kier alpha value is -1.59. The van der Waals surface area contributed by atoms with Crippen molar-refractivity contribution in [2.75, 3.05) is 32.0 Å². The van der Waals surface area contributed by atoms with E-state index < -0.39 is 0 Å². The average Bonchev–Trinajstić information content (AvgIpc) is 2.66. The number of hydrogen-bond donors (Lipinski definition) is 1. The van der Waals surface area contributed by atoms with E-state index in [-0.39, 0.29) is 17.7 Å². The number of esters is 1. The Morgan fingerprint density at radius 1 is 1.07 bits per heavy atom. The number of nitrogens with two attached hydrogens (primary N) is 1. The van der Waals surface area contributed by atoms with Crippen LogP contribution in [0.2, 0.25) is 0 Å². The molecule has 1 unspecified atom stereocenters. The molecule has 1 aromatic carbocycles. The molecule has 0 aromatic heterocycles. The van der Waals surface area contributed by atoms with E-state index in [2.05, 4.69) is 17.0 Å². The van der Waals surface area contributed by atoms with Gasteiger partial charge in [0.1, 0.15) is 5.60 Å². The van der Waals surface area contributed by atoms with Gasteiger partial charge in [0.05, 0.1) is 12.7 Å². The molecule has 2 N–H and O–H groups in total. The van der Waals surface area contributed by atoms with Crippen LogP contribution in [-0.2, 0) is 14.3 Å². The van der Waals surface area contributed by atoms with Gasteiger partial charge in [0.2, 0.25) is 0 Å². The summed E-state index contributed by atoms with van der Waals surface area (Å²) < 4.78 is 11.3. The van der Waals surface area contributed by atoms with Gasteiger partial charge in [0.15, 0.2) is 0 Å². The number of ether oxygens (including phenoxy) is 2. The molecular formula is C24H40N2O3. The average molecular weight is 405 g/mol. The minimum Gasteiger partial charge on any atom is -0.460 e. The Morgan fingerprint density at radius 3 is 2.34 bits per heavy atom. The van der Waals surface area contributed by atoms with Crippen LogP contribution in [0, 0.1) is 0 Å². The Bertz CT molecular complexity index is 595. The van der Waals surface area contributed by atoms with Crippen molar-refractivity contribution in [1.82, 2.24) is 4.90 Å². The van der Waals surface area contributed by atoms with Gasteiger partial charge in [-0.15, -0.1) is 0 Å². The van der Waals surface area contributed by atoms with Gasteiger partial charge in [0.25, 0.3) is 0 Å². The molecule has 1 fully saturated rings. The molecule has 1 atom stereocenters. The third kappa shape index (κ3) is 10.1. The van der Waals surface area contributed by atoms with Crippen LogP contribution in [0.25, 0.3) is 0 Å². The first kappa shape index (κ1) is 23.7. The van der Waals surface area contributed by atoms with Gasteiger partial charge in [-0.2, -0.15) is 0 Å². The predicted molar refractivity (Wildman–Crippen MR) is 119 cm³/mol. The molecule has 2 rings (SSSR count). The highest BCUT2D eigenvalue weighted by Crippen LogP contribution is 2.23. The molecule has 0 bridgehead atoms. The van der Waals surface area contributed by atoms with Crippen LogP contribution in [0.3, 0.4) is 0 Å². The van der Waals surface area contributed by atoms with E-state index in [0.29, 0.717) is 6.42 Å². The maximum Gasteiger partial charge on any atom is 0.306 e.